The number of hydrogen-bond donors (Lipinski definition) is 1. The lowest BCUT2D eigenvalue weighted by atomic mass is 9.75. The largest absolute Gasteiger partial charge is 0.496 e. The fraction of sp³-hybridized carbons (Fsp3) is 0.667. The first-order valence-corrected chi connectivity index (χ1v) is 8.38. The van der Waals surface area contributed by atoms with Crippen molar-refractivity contribution in [3.05, 3.63) is 23.8 Å². The number of nitrogens with zero attached hydrogens (tertiary/aromatic N) is 1. The third-order valence-corrected chi connectivity index (χ3v) is 5.35. The van der Waals surface area contributed by atoms with Crippen molar-refractivity contribution in [3.8, 4) is 5.75 Å². The van der Waals surface area contributed by atoms with Gasteiger partial charge in [-0.2, -0.15) is 0 Å². The highest BCUT2D eigenvalue weighted by atomic mass is 16.5. The normalized spacial score (nSPS) is 27.1. The highest BCUT2D eigenvalue weighted by Gasteiger charge is 2.32. The Bertz CT molecular complexity index is 486. The average molecular weight is 288 g/mol. The smallest absolute Gasteiger partial charge is 0.125 e. The van der Waals surface area contributed by atoms with Crippen LogP contribution in [0, 0.1) is 11.8 Å². The van der Waals surface area contributed by atoms with Crippen molar-refractivity contribution < 1.29 is 4.74 Å². The maximum Gasteiger partial charge on any atom is 0.125 e. The molecule has 3 atom stereocenters. The molecule has 1 aromatic rings. The Morgan fingerprint density at radius 3 is 2.67 bits per heavy atom. The van der Waals surface area contributed by atoms with Gasteiger partial charge in [-0.15, -0.1) is 0 Å². The van der Waals surface area contributed by atoms with Crippen LogP contribution in [0.5, 0.6) is 5.75 Å². The molecule has 1 heterocycles. The van der Waals surface area contributed by atoms with Gasteiger partial charge in [-0.25, -0.2) is 0 Å². The number of hydrogen-bond acceptors (Lipinski definition) is 3. The fourth-order valence-electron chi connectivity index (χ4n) is 4.26. The summed E-state index contributed by atoms with van der Waals surface area (Å²) in [7, 11) is 1.73. The van der Waals surface area contributed by atoms with Gasteiger partial charge in [-0.1, -0.05) is 25.3 Å². The summed E-state index contributed by atoms with van der Waals surface area (Å²) in [5.41, 5.74) is 8.67. The van der Waals surface area contributed by atoms with Crippen LogP contribution in [0.1, 0.15) is 50.6 Å². The lowest BCUT2D eigenvalue weighted by molar-refractivity contribution is 0.202. The minimum absolute atomic E-state index is 0.000212. The zero-order chi connectivity index (χ0) is 14.8. The average Bonchev–Trinajstić information content (AvgIpc) is 2.53. The summed E-state index contributed by atoms with van der Waals surface area (Å²) < 4.78 is 5.54. The van der Waals surface area contributed by atoms with E-state index in [2.05, 4.69) is 24.0 Å². The first-order chi connectivity index (χ1) is 10.2. The Kier molecular flexibility index (Phi) is 4.39. The van der Waals surface area contributed by atoms with Gasteiger partial charge in [0.15, 0.2) is 0 Å². The standard InChI is InChI=1S/C18H28N2O/c1-13(19)18-16(8-5-9-17(18)21-2)20-11-10-14-6-3-4-7-15(14)12-20/h5,8-9,13-15H,3-4,6-7,10-12,19H2,1-2H3/t13-,14?,15?/m1/s1. The van der Waals surface area contributed by atoms with E-state index in [9.17, 15) is 0 Å². The third kappa shape index (κ3) is 2.89. The summed E-state index contributed by atoms with van der Waals surface area (Å²) in [4.78, 5) is 2.55. The van der Waals surface area contributed by atoms with Crippen LogP contribution in [0.15, 0.2) is 18.2 Å². The van der Waals surface area contributed by atoms with Gasteiger partial charge in [0.2, 0.25) is 0 Å². The van der Waals surface area contributed by atoms with Crippen LogP contribution >= 0.6 is 0 Å². The van der Waals surface area contributed by atoms with Crippen LogP contribution in [0.3, 0.4) is 0 Å². The quantitative estimate of drug-likeness (QED) is 0.921. The SMILES string of the molecule is COc1cccc(N2CCC3CCCCC3C2)c1[C@@H](C)N. The first-order valence-electron chi connectivity index (χ1n) is 8.38. The van der Waals surface area contributed by atoms with Gasteiger partial charge in [0, 0.05) is 30.4 Å². The Balaban J connectivity index is 1.86. The molecular weight excluding hydrogens is 260 g/mol. The van der Waals surface area contributed by atoms with Crippen molar-refractivity contribution in [2.45, 2.75) is 45.1 Å². The van der Waals surface area contributed by atoms with E-state index in [4.69, 9.17) is 10.5 Å². The summed E-state index contributed by atoms with van der Waals surface area (Å²) >= 11 is 0. The zero-order valence-electron chi connectivity index (χ0n) is 13.3. The third-order valence-electron chi connectivity index (χ3n) is 5.35. The van der Waals surface area contributed by atoms with Gasteiger partial charge in [0.1, 0.15) is 5.75 Å². The van der Waals surface area contributed by atoms with Crippen LogP contribution in [-0.4, -0.2) is 20.2 Å². The molecule has 0 aromatic heterocycles. The first kappa shape index (κ1) is 14.7. The molecule has 2 fully saturated rings. The van der Waals surface area contributed by atoms with Crippen molar-refractivity contribution in [1.82, 2.24) is 0 Å². The predicted molar refractivity (Wildman–Crippen MR) is 87.9 cm³/mol. The summed E-state index contributed by atoms with van der Waals surface area (Å²) in [6, 6.07) is 6.33. The second kappa shape index (κ2) is 6.27. The van der Waals surface area contributed by atoms with E-state index in [1.165, 1.54) is 44.3 Å². The van der Waals surface area contributed by atoms with E-state index >= 15 is 0 Å². The molecular formula is C18H28N2O. The number of piperidine rings is 1. The van der Waals surface area contributed by atoms with E-state index in [1.54, 1.807) is 7.11 Å². The van der Waals surface area contributed by atoms with E-state index in [0.29, 0.717) is 0 Å². The molecule has 3 rings (SSSR count). The molecule has 2 unspecified atom stereocenters. The lowest BCUT2D eigenvalue weighted by Gasteiger charge is -2.43. The molecule has 0 amide bonds. The van der Waals surface area contributed by atoms with Crippen molar-refractivity contribution in [1.29, 1.82) is 0 Å². The molecule has 2 aliphatic rings. The molecule has 1 saturated heterocycles. The molecule has 116 valence electrons. The van der Waals surface area contributed by atoms with Gasteiger partial charge >= 0.3 is 0 Å². The highest BCUT2D eigenvalue weighted by molar-refractivity contribution is 5.61. The van der Waals surface area contributed by atoms with Crippen LogP contribution in [0.2, 0.25) is 0 Å². The number of nitrogens with two attached hydrogens (primary N) is 1. The maximum absolute atomic E-state index is 6.22. The van der Waals surface area contributed by atoms with Crippen LogP contribution in [0.4, 0.5) is 5.69 Å². The summed E-state index contributed by atoms with van der Waals surface area (Å²) in [6.45, 7) is 4.40. The minimum Gasteiger partial charge on any atom is -0.496 e. The highest BCUT2D eigenvalue weighted by Crippen LogP contribution is 2.40. The maximum atomic E-state index is 6.22. The number of benzene rings is 1. The molecule has 1 aliphatic carbocycles. The molecule has 0 radical (unpaired) electrons. The molecule has 1 aromatic carbocycles. The molecule has 3 heteroatoms. The molecule has 0 spiro atoms. The topological polar surface area (TPSA) is 38.5 Å². The molecule has 21 heavy (non-hydrogen) atoms. The van der Waals surface area contributed by atoms with Gasteiger partial charge in [-0.3, -0.25) is 0 Å². The summed E-state index contributed by atoms with van der Waals surface area (Å²) in [6.07, 6.45) is 7.02. The molecule has 0 bridgehead atoms. The number of anilines is 1. The van der Waals surface area contributed by atoms with Crippen LogP contribution in [-0.2, 0) is 0 Å². The zero-order valence-corrected chi connectivity index (χ0v) is 13.3. The lowest BCUT2D eigenvalue weighted by Crippen LogP contribution is -2.42. The Labute approximate surface area is 128 Å². The minimum atomic E-state index is 0.000212. The van der Waals surface area contributed by atoms with Crippen molar-refractivity contribution in [2.75, 3.05) is 25.1 Å². The molecule has 2 N–H and O–H groups in total. The summed E-state index contributed by atoms with van der Waals surface area (Å²) in [5.74, 6) is 2.76. The number of methoxy groups -OCH3 is 1. The van der Waals surface area contributed by atoms with Crippen LogP contribution in [0.25, 0.3) is 0 Å². The second-order valence-electron chi connectivity index (χ2n) is 6.72. The number of fused-ring (bicyclic) bond motifs is 1. The van der Waals surface area contributed by atoms with Gasteiger partial charge in [0.05, 0.1) is 7.11 Å². The molecule has 3 nitrogen and oxygen atoms in total. The van der Waals surface area contributed by atoms with E-state index in [1.807, 2.05) is 6.07 Å². The fourth-order valence-corrected chi connectivity index (χ4v) is 4.26. The van der Waals surface area contributed by atoms with E-state index < -0.39 is 0 Å². The monoisotopic (exact) mass is 288 g/mol. The van der Waals surface area contributed by atoms with Gasteiger partial charge in [-0.05, 0) is 43.7 Å². The van der Waals surface area contributed by atoms with Crippen molar-refractivity contribution in [2.24, 2.45) is 17.6 Å². The predicted octanol–water partition coefficient (Wildman–Crippen LogP) is 3.73. The van der Waals surface area contributed by atoms with Gasteiger partial charge in [0.25, 0.3) is 0 Å². The Morgan fingerprint density at radius 1 is 1.19 bits per heavy atom. The number of rotatable bonds is 3. The van der Waals surface area contributed by atoms with Crippen molar-refractivity contribution in [3.63, 3.8) is 0 Å². The van der Waals surface area contributed by atoms with Crippen LogP contribution < -0.4 is 15.4 Å². The second-order valence-corrected chi connectivity index (χ2v) is 6.72. The van der Waals surface area contributed by atoms with Gasteiger partial charge < -0.3 is 15.4 Å². The molecule has 1 aliphatic heterocycles. The van der Waals surface area contributed by atoms with E-state index in [0.717, 1.165) is 29.7 Å². The molecule has 1 saturated carbocycles. The van der Waals surface area contributed by atoms with Crippen molar-refractivity contribution >= 4 is 5.69 Å². The Morgan fingerprint density at radius 2 is 1.95 bits per heavy atom. The summed E-state index contributed by atoms with van der Waals surface area (Å²) in [5, 5.41) is 0. The Hall–Kier alpha value is -1.22. The van der Waals surface area contributed by atoms with E-state index in [-0.39, 0.29) is 6.04 Å². The number of ether oxygens (including phenoxy) is 1.